The number of rotatable bonds is 4. The van der Waals surface area contributed by atoms with Crippen LogP contribution >= 0.6 is 0 Å². The van der Waals surface area contributed by atoms with Gasteiger partial charge in [-0.05, 0) is 13.0 Å². The Morgan fingerprint density at radius 1 is 1.75 bits per heavy atom. The maximum atomic E-state index is 11.2. The Bertz CT molecular complexity index is 170. The molecule has 0 saturated carbocycles. The van der Waals surface area contributed by atoms with E-state index >= 15 is 0 Å². The van der Waals surface area contributed by atoms with Crippen molar-refractivity contribution in [2.24, 2.45) is 0 Å². The van der Waals surface area contributed by atoms with Gasteiger partial charge in [-0.2, -0.15) is 9.28 Å². The molecule has 70 valence electrons. The lowest BCUT2D eigenvalue weighted by Gasteiger charge is -2.25. The second-order valence-electron chi connectivity index (χ2n) is 2.71. The van der Waals surface area contributed by atoms with E-state index < -0.39 is 6.09 Å². The maximum absolute atomic E-state index is 11.2. The molecule has 0 bridgehead atoms. The third-order valence-corrected chi connectivity index (χ3v) is 1.55. The first-order valence-corrected chi connectivity index (χ1v) is 3.84. The van der Waals surface area contributed by atoms with Crippen molar-refractivity contribution in [1.82, 2.24) is 0 Å². The summed E-state index contributed by atoms with van der Waals surface area (Å²) in [5, 5.41) is 8.94. The number of carbonyl (C=O) groups excluding carboxylic acids is 1. The number of amides is 1. The molecule has 0 saturated heterocycles. The van der Waals surface area contributed by atoms with Crippen LogP contribution in [0.2, 0.25) is 0 Å². The fraction of sp³-hybridized carbons (Fsp3) is 0.625. The molecule has 0 rings (SSSR count). The van der Waals surface area contributed by atoms with Gasteiger partial charge in [0, 0.05) is 0 Å². The molecule has 0 aromatic carbocycles. The van der Waals surface area contributed by atoms with E-state index in [1.54, 1.807) is 20.0 Å². The zero-order chi connectivity index (χ0) is 9.61. The molecule has 1 unspecified atom stereocenters. The third kappa shape index (κ3) is 2.64. The molecule has 0 heterocycles. The molecule has 0 aliphatic heterocycles. The second-order valence-corrected chi connectivity index (χ2v) is 2.71. The normalized spacial score (nSPS) is 14.9. The molecule has 4 heteroatoms. The van der Waals surface area contributed by atoms with E-state index in [9.17, 15) is 4.79 Å². The fourth-order valence-electron chi connectivity index (χ4n) is 0.754. The van der Waals surface area contributed by atoms with Crippen molar-refractivity contribution >= 4 is 6.09 Å². The highest BCUT2D eigenvalue weighted by molar-refractivity contribution is 5.59. The van der Waals surface area contributed by atoms with Crippen molar-refractivity contribution in [3.8, 4) is 0 Å². The van der Waals surface area contributed by atoms with E-state index in [4.69, 9.17) is 9.84 Å². The number of quaternary nitrogens is 1. The van der Waals surface area contributed by atoms with Crippen molar-refractivity contribution < 1.29 is 19.1 Å². The minimum atomic E-state index is -0.431. The van der Waals surface area contributed by atoms with Gasteiger partial charge in [0.2, 0.25) is 0 Å². The van der Waals surface area contributed by atoms with Crippen molar-refractivity contribution in [1.29, 1.82) is 0 Å². The summed E-state index contributed by atoms with van der Waals surface area (Å²) in [5.41, 5.74) is 0. The van der Waals surface area contributed by atoms with Crippen molar-refractivity contribution in [3.05, 3.63) is 12.7 Å². The van der Waals surface area contributed by atoms with Crippen LogP contribution in [-0.2, 0) is 4.74 Å². The second kappa shape index (κ2) is 4.90. The molecule has 4 nitrogen and oxygen atoms in total. The summed E-state index contributed by atoms with van der Waals surface area (Å²) in [6.07, 6.45) is 1.15. The SMILES string of the molecule is C=CC[N+](C)(CO)C(=O)OCC. The van der Waals surface area contributed by atoms with E-state index in [-0.39, 0.29) is 11.2 Å². The molecule has 0 aromatic heterocycles. The predicted molar refractivity (Wildman–Crippen MR) is 45.4 cm³/mol. The first-order chi connectivity index (χ1) is 5.60. The largest absolute Gasteiger partial charge is 0.517 e. The van der Waals surface area contributed by atoms with E-state index in [0.717, 1.165) is 0 Å². The molecule has 0 fully saturated rings. The number of carbonyl (C=O) groups is 1. The Morgan fingerprint density at radius 2 is 2.33 bits per heavy atom. The van der Waals surface area contributed by atoms with E-state index in [0.29, 0.717) is 13.2 Å². The maximum Gasteiger partial charge on any atom is 0.517 e. The topological polar surface area (TPSA) is 46.5 Å². The highest BCUT2D eigenvalue weighted by Gasteiger charge is 2.31. The molecular formula is C8H16NO3+. The highest BCUT2D eigenvalue weighted by Crippen LogP contribution is 2.04. The van der Waals surface area contributed by atoms with Crippen molar-refractivity contribution in [3.63, 3.8) is 0 Å². The van der Waals surface area contributed by atoms with Crippen LogP contribution in [0.1, 0.15) is 6.92 Å². The zero-order valence-electron chi connectivity index (χ0n) is 7.62. The Morgan fingerprint density at radius 3 is 2.67 bits per heavy atom. The van der Waals surface area contributed by atoms with Gasteiger partial charge in [-0.3, -0.25) is 0 Å². The van der Waals surface area contributed by atoms with Crippen LogP contribution in [0.4, 0.5) is 4.79 Å². The number of ether oxygens (including phenoxy) is 1. The van der Waals surface area contributed by atoms with E-state index in [1.165, 1.54) is 0 Å². The zero-order valence-corrected chi connectivity index (χ0v) is 7.62. The summed E-state index contributed by atoms with van der Waals surface area (Å²) >= 11 is 0. The summed E-state index contributed by atoms with van der Waals surface area (Å²) in [6.45, 7) is 5.65. The molecular weight excluding hydrogens is 158 g/mol. The molecule has 0 aliphatic carbocycles. The first kappa shape index (κ1) is 11.1. The smallest absolute Gasteiger partial charge is 0.420 e. The molecule has 1 amide bonds. The first-order valence-electron chi connectivity index (χ1n) is 3.84. The van der Waals surface area contributed by atoms with Gasteiger partial charge in [0.15, 0.2) is 6.73 Å². The Kier molecular flexibility index (Phi) is 4.54. The number of likely N-dealkylation sites (N-methyl/N-ethyl adjacent to an activating group) is 1. The number of aliphatic hydroxyl groups is 1. The van der Waals surface area contributed by atoms with Gasteiger partial charge in [-0.25, -0.2) is 0 Å². The van der Waals surface area contributed by atoms with Crippen LogP contribution in [0.15, 0.2) is 12.7 Å². The molecule has 1 atom stereocenters. The summed E-state index contributed by atoms with van der Waals surface area (Å²) in [4.78, 5) is 11.2. The molecule has 0 aromatic rings. The van der Waals surface area contributed by atoms with Gasteiger partial charge in [0.1, 0.15) is 6.54 Å². The quantitative estimate of drug-likeness (QED) is 0.388. The summed E-state index contributed by atoms with van der Waals surface area (Å²) in [7, 11) is 1.60. The van der Waals surface area contributed by atoms with E-state index in [2.05, 4.69) is 6.58 Å². The van der Waals surface area contributed by atoms with Crippen LogP contribution < -0.4 is 0 Å². The Hall–Kier alpha value is -0.870. The average molecular weight is 174 g/mol. The Balaban J connectivity index is 4.28. The lowest BCUT2D eigenvalue weighted by atomic mass is 10.5. The average Bonchev–Trinajstić information content (AvgIpc) is 2.05. The highest BCUT2D eigenvalue weighted by atomic mass is 16.6. The third-order valence-electron chi connectivity index (χ3n) is 1.55. The van der Waals surface area contributed by atoms with E-state index in [1.807, 2.05) is 0 Å². The van der Waals surface area contributed by atoms with Crippen LogP contribution in [0.5, 0.6) is 0 Å². The van der Waals surface area contributed by atoms with Gasteiger partial charge in [0.25, 0.3) is 0 Å². The predicted octanol–water partition coefficient (Wildman–Crippen LogP) is 0.725. The molecule has 0 radical (unpaired) electrons. The van der Waals surface area contributed by atoms with Crippen LogP contribution in [0.3, 0.4) is 0 Å². The van der Waals surface area contributed by atoms with Gasteiger partial charge < -0.3 is 9.84 Å². The fourth-order valence-corrected chi connectivity index (χ4v) is 0.754. The number of hydrogen-bond donors (Lipinski definition) is 1. The monoisotopic (exact) mass is 174 g/mol. The van der Waals surface area contributed by atoms with Crippen LogP contribution in [0.25, 0.3) is 0 Å². The minimum Gasteiger partial charge on any atom is -0.420 e. The summed E-state index contributed by atoms with van der Waals surface area (Å²) in [5.74, 6) is 0. The van der Waals surface area contributed by atoms with Crippen LogP contribution in [-0.4, -0.2) is 42.6 Å². The van der Waals surface area contributed by atoms with Gasteiger partial charge in [-0.15, -0.1) is 0 Å². The molecule has 1 N–H and O–H groups in total. The number of aliphatic hydroxyl groups excluding tert-OH is 1. The molecule has 0 aliphatic rings. The lowest BCUT2D eigenvalue weighted by Crippen LogP contribution is -2.50. The van der Waals surface area contributed by atoms with Crippen molar-refractivity contribution in [2.45, 2.75) is 6.92 Å². The van der Waals surface area contributed by atoms with Gasteiger partial charge >= 0.3 is 6.09 Å². The Labute approximate surface area is 72.6 Å². The summed E-state index contributed by atoms with van der Waals surface area (Å²) < 4.78 is 4.61. The van der Waals surface area contributed by atoms with Crippen LogP contribution in [0, 0.1) is 0 Å². The summed E-state index contributed by atoms with van der Waals surface area (Å²) in [6, 6.07) is 0. The molecule has 0 spiro atoms. The van der Waals surface area contributed by atoms with Crippen molar-refractivity contribution in [2.75, 3.05) is 26.9 Å². The minimum absolute atomic E-state index is 0.169. The molecule has 12 heavy (non-hydrogen) atoms. The van der Waals surface area contributed by atoms with Gasteiger partial charge in [0.05, 0.1) is 13.7 Å². The number of hydrogen-bond acceptors (Lipinski definition) is 3. The number of nitrogens with zero attached hydrogens (tertiary/aromatic N) is 1. The van der Waals surface area contributed by atoms with Gasteiger partial charge in [-0.1, -0.05) is 6.58 Å². The lowest BCUT2D eigenvalue weighted by molar-refractivity contribution is -0.852. The standard InChI is InChI=1S/C8H16NO3/c1-4-6-9(3,7-10)8(11)12-5-2/h4,10H,1,5-7H2,2-3H3/q+1.